The highest BCUT2D eigenvalue weighted by Gasteiger charge is 2.27. The van der Waals surface area contributed by atoms with Crippen molar-refractivity contribution in [2.24, 2.45) is 0 Å². The average molecular weight is 346 g/mol. The first-order valence-corrected chi connectivity index (χ1v) is 9.04. The lowest BCUT2D eigenvalue weighted by Gasteiger charge is -2.24. The van der Waals surface area contributed by atoms with E-state index in [1.165, 1.54) is 5.56 Å². The zero-order valence-electron chi connectivity index (χ0n) is 15.1. The third-order valence-corrected chi connectivity index (χ3v) is 5.08. The molecular formula is C22H22N2O2. The van der Waals surface area contributed by atoms with Gasteiger partial charge in [0.25, 0.3) is 0 Å². The first-order valence-electron chi connectivity index (χ1n) is 9.04. The number of carboxylic acid groups (broad SMARTS) is 1. The van der Waals surface area contributed by atoms with E-state index in [4.69, 9.17) is 4.98 Å². The van der Waals surface area contributed by atoms with Gasteiger partial charge in [-0.3, -0.25) is 0 Å². The Balaban J connectivity index is 2.08. The normalized spacial score (nSPS) is 14.2. The van der Waals surface area contributed by atoms with Gasteiger partial charge in [0.05, 0.1) is 22.5 Å². The number of aromatic nitrogens is 1. The average Bonchev–Trinajstić information content (AvgIpc) is 3.15. The van der Waals surface area contributed by atoms with Crippen LogP contribution in [0.2, 0.25) is 0 Å². The molecule has 0 atom stereocenters. The SMILES string of the molecule is Cc1ccc(-c2nc3ccc(C)cc3c(C(=O)O)c2N2CCCC2)cc1. The summed E-state index contributed by atoms with van der Waals surface area (Å²) in [4.78, 5) is 19.4. The number of anilines is 1. The molecule has 1 aliphatic heterocycles. The Morgan fingerprint density at radius 2 is 1.65 bits per heavy atom. The highest BCUT2D eigenvalue weighted by Crippen LogP contribution is 2.38. The molecule has 0 bridgehead atoms. The summed E-state index contributed by atoms with van der Waals surface area (Å²) < 4.78 is 0. The van der Waals surface area contributed by atoms with Crippen molar-refractivity contribution in [2.45, 2.75) is 26.7 Å². The van der Waals surface area contributed by atoms with Gasteiger partial charge in [0.15, 0.2) is 0 Å². The number of fused-ring (bicyclic) bond motifs is 1. The fourth-order valence-electron chi connectivity index (χ4n) is 3.74. The summed E-state index contributed by atoms with van der Waals surface area (Å²) in [5.41, 5.74) is 5.80. The maximum atomic E-state index is 12.3. The molecule has 0 spiro atoms. The lowest BCUT2D eigenvalue weighted by atomic mass is 9.98. The largest absolute Gasteiger partial charge is 0.478 e. The van der Waals surface area contributed by atoms with Gasteiger partial charge in [-0.15, -0.1) is 0 Å². The fourth-order valence-corrected chi connectivity index (χ4v) is 3.74. The van der Waals surface area contributed by atoms with Crippen LogP contribution in [0.5, 0.6) is 0 Å². The van der Waals surface area contributed by atoms with Crippen molar-refractivity contribution in [3.05, 3.63) is 59.2 Å². The Morgan fingerprint density at radius 3 is 2.31 bits per heavy atom. The van der Waals surface area contributed by atoms with E-state index >= 15 is 0 Å². The quantitative estimate of drug-likeness (QED) is 0.739. The number of hydrogen-bond donors (Lipinski definition) is 1. The van der Waals surface area contributed by atoms with Gasteiger partial charge in [-0.1, -0.05) is 41.5 Å². The molecule has 132 valence electrons. The number of aromatic carboxylic acids is 1. The second-order valence-corrected chi connectivity index (χ2v) is 7.07. The van der Waals surface area contributed by atoms with E-state index in [0.717, 1.165) is 59.3 Å². The minimum atomic E-state index is -0.890. The predicted octanol–water partition coefficient (Wildman–Crippen LogP) is 4.82. The van der Waals surface area contributed by atoms with Crippen molar-refractivity contribution in [2.75, 3.05) is 18.0 Å². The molecule has 0 saturated carbocycles. The summed E-state index contributed by atoms with van der Waals surface area (Å²) >= 11 is 0. The highest BCUT2D eigenvalue weighted by molar-refractivity contribution is 6.10. The van der Waals surface area contributed by atoms with E-state index in [2.05, 4.69) is 4.90 Å². The summed E-state index contributed by atoms with van der Waals surface area (Å²) in [6, 6.07) is 14.0. The number of pyridine rings is 1. The molecular weight excluding hydrogens is 324 g/mol. The topological polar surface area (TPSA) is 53.4 Å². The van der Waals surface area contributed by atoms with Gasteiger partial charge < -0.3 is 10.0 Å². The first-order chi connectivity index (χ1) is 12.5. The minimum absolute atomic E-state index is 0.371. The Morgan fingerprint density at radius 1 is 1.00 bits per heavy atom. The van der Waals surface area contributed by atoms with E-state index in [1.54, 1.807) is 0 Å². The lowest BCUT2D eigenvalue weighted by molar-refractivity contribution is 0.0699. The lowest BCUT2D eigenvalue weighted by Crippen LogP contribution is -2.22. The molecule has 4 rings (SSSR count). The number of rotatable bonds is 3. The van der Waals surface area contributed by atoms with Gasteiger partial charge >= 0.3 is 5.97 Å². The number of carboxylic acids is 1. The summed E-state index contributed by atoms with van der Waals surface area (Å²) in [7, 11) is 0. The number of nitrogens with zero attached hydrogens (tertiary/aromatic N) is 2. The molecule has 1 aromatic heterocycles. The van der Waals surface area contributed by atoms with Crippen molar-refractivity contribution in [1.29, 1.82) is 0 Å². The number of carbonyl (C=O) groups is 1. The van der Waals surface area contributed by atoms with Crippen molar-refractivity contribution >= 4 is 22.6 Å². The minimum Gasteiger partial charge on any atom is -0.478 e. The molecule has 1 aliphatic rings. The molecule has 1 fully saturated rings. The van der Waals surface area contributed by atoms with Crippen LogP contribution in [0.15, 0.2) is 42.5 Å². The Hall–Kier alpha value is -2.88. The van der Waals surface area contributed by atoms with Crippen LogP contribution in [-0.4, -0.2) is 29.1 Å². The number of benzene rings is 2. The van der Waals surface area contributed by atoms with Crippen LogP contribution in [0.25, 0.3) is 22.2 Å². The Labute approximate surface area is 153 Å². The number of aryl methyl sites for hydroxylation is 2. The molecule has 0 unspecified atom stereocenters. The number of hydrogen-bond acceptors (Lipinski definition) is 3. The summed E-state index contributed by atoms with van der Waals surface area (Å²) in [5, 5.41) is 10.8. The van der Waals surface area contributed by atoms with Gasteiger partial charge in [0.1, 0.15) is 0 Å². The molecule has 3 aromatic rings. The van der Waals surface area contributed by atoms with Crippen LogP contribution < -0.4 is 4.90 Å². The van der Waals surface area contributed by atoms with Gasteiger partial charge in [-0.2, -0.15) is 0 Å². The molecule has 0 aliphatic carbocycles. The maximum absolute atomic E-state index is 12.3. The summed E-state index contributed by atoms with van der Waals surface area (Å²) in [5.74, 6) is -0.890. The zero-order valence-corrected chi connectivity index (χ0v) is 15.1. The molecule has 0 radical (unpaired) electrons. The van der Waals surface area contributed by atoms with Crippen LogP contribution in [-0.2, 0) is 0 Å². The molecule has 0 amide bonds. The third-order valence-electron chi connectivity index (χ3n) is 5.08. The van der Waals surface area contributed by atoms with Gasteiger partial charge in [-0.25, -0.2) is 9.78 Å². The second kappa shape index (κ2) is 6.45. The summed E-state index contributed by atoms with van der Waals surface area (Å²) in [6.07, 6.45) is 2.16. The molecule has 26 heavy (non-hydrogen) atoms. The Bertz CT molecular complexity index is 987. The van der Waals surface area contributed by atoms with Crippen molar-refractivity contribution in [3.63, 3.8) is 0 Å². The molecule has 1 saturated heterocycles. The van der Waals surface area contributed by atoms with Crippen molar-refractivity contribution < 1.29 is 9.90 Å². The first kappa shape index (κ1) is 16.6. The Kier molecular flexibility index (Phi) is 4.11. The monoisotopic (exact) mass is 346 g/mol. The van der Waals surface area contributed by atoms with E-state index in [-0.39, 0.29) is 0 Å². The van der Waals surface area contributed by atoms with Gasteiger partial charge in [0.2, 0.25) is 0 Å². The van der Waals surface area contributed by atoms with Crippen LogP contribution in [0.1, 0.15) is 34.3 Å². The predicted molar refractivity (Wildman–Crippen MR) is 105 cm³/mol. The van der Waals surface area contributed by atoms with E-state index in [1.807, 2.05) is 56.3 Å². The standard InChI is InChI=1S/C22H22N2O2/c1-14-5-8-16(9-6-14)20-21(24-11-3-4-12-24)19(22(25)26)17-13-15(2)7-10-18(17)23-20/h5-10,13H,3-4,11-12H2,1-2H3,(H,25,26). The van der Waals surface area contributed by atoms with E-state index in [0.29, 0.717) is 5.56 Å². The van der Waals surface area contributed by atoms with Gasteiger partial charge in [-0.05, 0) is 38.8 Å². The molecule has 4 heteroatoms. The van der Waals surface area contributed by atoms with Crippen LogP contribution in [0, 0.1) is 13.8 Å². The van der Waals surface area contributed by atoms with Crippen molar-refractivity contribution in [3.8, 4) is 11.3 Å². The van der Waals surface area contributed by atoms with Crippen LogP contribution in [0.4, 0.5) is 5.69 Å². The van der Waals surface area contributed by atoms with E-state index in [9.17, 15) is 9.90 Å². The summed E-state index contributed by atoms with van der Waals surface area (Å²) in [6.45, 7) is 5.77. The van der Waals surface area contributed by atoms with Crippen LogP contribution in [0.3, 0.4) is 0 Å². The molecule has 2 heterocycles. The second-order valence-electron chi connectivity index (χ2n) is 7.07. The molecule has 4 nitrogen and oxygen atoms in total. The zero-order chi connectivity index (χ0) is 18.3. The van der Waals surface area contributed by atoms with E-state index < -0.39 is 5.97 Å². The molecule has 2 aromatic carbocycles. The smallest absolute Gasteiger partial charge is 0.338 e. The van der Waals surface area contributed by atoms with Crippen molar-refractivity contribution in [1.82, 2.24) is 4.98 Å². The maximum Gasteiger partial charge on any atom is 0.338 e. The third kappa shape index (κ3) is 2.81. The highest BCUT2D eigenvalue weighted by atomic mass is 16.4. The molecule has 1 N–H and O–H groups in total. The fraction of sp³-hybridized carbons (Fsp3) is 0.273. The van der Waals surface area contributed by atoms with Gasteiger partial charge in [0, 0.05) is 24.0 Å². The van der Waals surface area contributed by atoms with Crippen LogP contribution >= 0.6 is 0 Å².